The monoisotopic (exact) mass is 200 g/mol. The molecule has 2 aliphatic rings. The molecule has 1 saturated carbocycles. The number of fused-ring (bicyclic) bond motifs is 1. The van der Waals surface area contributed by atoms with Gasteiger partial charge in [0.25, 0.3) is 0 Å². The van der Waals surface area contributed by atoms with Gasteiger partial charge in [0.05, 0.1) is 0 Å². The van der Waals surface area contributed by atoms with Crippen molar-refractivity contribution in [2.24, 2.45) is 11.8 Å². The summed E-state index contributed by atoms with van der Waals surface area (Å²) in [6.07, 6.45) is 6.23. The van der Waals surface area contributed by atoms with Crippen molar-refractivity contribution in [1.29, 1.82) is 0 Å². The van der Waals surface area contributed by atoms with Gasteiger partial charge >= 0.3 is 0 Å². The number of ketones is 1. The summed E-state index contributed by atoms with van der Waals surface area (Å²) < 4.78 is 11.8. The average molecular weight is 200 g/mol. The summed E-state index contributed by atoms with van der Waals surface area (Å²) in [5.41, 5.74) is 0. The van der Waals surface area contributed by atoms with E-state index in [1.807, 2.05) is 0 Å². The van der Waals surface area contributed by atoms with Crippen LogP contribution >= 0.6 is 0 Å². The highest BCUT2D eigenvalue weighted by Crippen LogP contribution is 2.33. The number of rotatable bonds is 0. The Bertz CT molecular complexity index is 337. The maximum atomic E-state index is 11.8. The quantitative estimate of drug-likeness (QED) is 0.549. The fourth-order valence-corrected chi connectivity index (χ4v) is 4.60. The molecule has 1 heterocycles. The molecule has 0 bridgehead atoms. The van der Waals surface area contributed by atoms with E-state index in [9.17, 15) is 9.00 Å². The first kappa shape index (κ1) is 9.25. The topological polar surface area (TPSA) is 34.1 Å². The van der Waals surface area contributed by atoms with Gasteiger partial charge in [-0.05, 0) is 28.3 Å². The third-order valence-electron chi connectivity index (χ3n) is 3.18. The predicted molar refractivity (Wildman–Crippen MR) is 55.5 cm³/mol. The second-order valence-electron chi connectivity index (χ2n) is 4.41. The van der Waals surface area contributed by atoms with Crippen molar-refractivity contribution in [3.63, 3.8) is 0 Å². The van der Waals surface area contributed by atoms with Gasteiger partial charge in [0, 0.05) is 23.3 Å². The number of hydrogen-bond donors (Lipinski definition) is 0. The van der Waals surface area contributed by atoms with Crippen molar-refractivity contribution < 1.29 is 9.00 Å². The Morgan fingerprint density at radius 3 is 2.85 bits per heavy atom. The first-order valence-electron chi connectivity index (χ1n) is 4.94. The van der Waals surface area contributed by atoms with Crippen molar-refractivity contribution in [2.45, 2.75) is 25.7 Å². The van der Waals surface area contributed by atoms with E-state index >= 15 is 0 Å². The van der Waals surface area contributed by atoms with Gasteiger partial charge in [-0.15, -0.1) is 0 Å². The van der Waals surface area contributed by atoms with Crippen LogP contribution in [0.2, 0.25) is 0 Å². The molecule has 2 nitrogen and oxygen atoms in total. The zero-order valence-electron chi connectivity index (χ0n) is 7.99. The molecular weight excluding hydrogens is 184 g/mol. The number of hydrogen-bond acceptors (Lipinski definition) is 2. The molecule has 0 N–H and O–H groups in total. The van der Waals surface area contributed by atoms with Crippen LogP contribution in [-0.4, -0.2) is 27.4 Å². The molecule has 3 atom stereocenters. The smallest absolute Gasteiger partial charge is 0.166 e. The van der Waals surface area contributed by atoms with Gasteiger partial charge in [0.1, 0.15) is 0 Å². The third kappa shape index (κ3) is 1.80. The van der Waals surface area contributed by atoms with Gasteiger partial charge in [0.15, 0.2) is 5.78 Å². The predicted octanol–water partition coefficient (Wildman–Crippen LogP) is 1.09. The highest BCUT2D eigenvalue weighted by atomic mass is 32.2. The van der Waals surface area contributed by atoms with Gasteiger partial charge in [-0.25, -0.2) is 0 Å². The molecule has 13 heavy (non-hydrogen) atoms. The van der Waals surface area contributed by atoms with E-state index in [0.717, 1.165) is 18.6 Å². The van der Waals surface area contributed by atoms with E-state index < -0.39 is 9.52 Å². The summed E-state index contributed by atoms with van der Waals surface area (Å²) in [5.74, 6) is 1.54. The molecule has 3 unspecified atom stereocenters. The summed E-state index contributed by atoms with van der Waals surface area (Å²) in [7, 11) is -1.93. The van der Waals surface area contributed by atoms with Crippen molar-refractivity contribution in [2.75, 3.05) is 12.0 Å². The van der Waals surface area contributed by atoms with Crippen molar-refractivity contribution in [3.05, 3.63) is 0 Å². The highest BCUT2D eigenvalue weighted by molar-refractivity contribution is 8.01. The molecular formula is C10H16O2S. The van der Waals surface area contributed by atoms with Crippen LogP contribution in [0.4, 0.5) is 0 Å². The maximum Gasteiger partial charge on any atom is 0.166 e. The molecule has 0 radical (unpaired) electrons. The van der Waals surface area contributed by atoms with Crippen LogP contribution in [0.3, 0.4) is 0 Å². The minimum Gasteiger partial charge on any atom is -0.294 e. The summed E-state index contributed by atoms with van der Waals surface area (Å²) in [5, 5.41) is 1.50. The molecule has 1 aliphatic heterocycles. The Balaban J connectivity index is 2.31. The van der Waals surface area contributed by atoms with Crippen molar-refractivity contribution in [3.8, 4) is 0 Å². The van der Waals surface area contributed by atoms with Crippen LogP contribution in [0.5, 0.6) is 0 Å². The Morgan fingerprint density at radius 1 is 1.38 bits per heavy atom. The lowest BCUT2D eigenvalue weighted by molar-refractivity contribution is -0.118. The zero-order chi connectivity index (χ0) is 9.47. The fourth-order valence-electron chi connectivity index (χ4n) is 2.59. The Labute approximate surface area is 79.7 Å². The Morgan fingerprint density at radius 2 is 2.08 bits per heavy atom. The van der Waals surface area contributed by atoms with E-state index in [1.165, 1.54) is 18.2 Å². The molecule has 0 aromatic carbocycles. The molecule has 0 spiro atoms. The number of carbonyl (C=O) groups is 1. The largest absolute Gasteiger partial charge is 0.294 e. The summed E-state index contributed by atoms with van der Waals surface area (Å²) >= 11 is 0. The normalized spacial score (nSPS) is 45.2. The number of carbonyl (C=O) groups excluding carboxylic acids is 1. The minimum atomic E-state index is -1.93. The van der Waals surface area contributed by atoms with Crippen molar-refractivity contribution in [1.82, 2.24) is 0 Å². The minimum absolute atomic E-state index is 0.156. The first-order valence-corrected chi connectivity index (χ1v) is 7.14. The van der Waals surface area contributed by atoms with Gasteiger partial charge in [0.2, 0.25) is 0 Å². The van der Waals surface area contributed by atoms with Gasteiger partial charge < -0.3 is 0 Å². The first-order chi connectivity index (χ1) is 6.08. The van der Waals surface area contributed by atoms with Crippen LogP contribution in [0, 0.1) is 11.8 Å². The highest BCUT2D eigenvalue weighted by Gasteiger charge is 2.34. The molecule has 2 rings (SSSR count). The fraction of sp³-hybridized carbons (Fsp3) is 0.800. The van der Waals surface area contributed by atoms with E-state index in [0.29, 0.717) is 5.92 Å². The molecule has 3 heteroatoms. The Hall–Kier alpha value is -0.310. The molecule has 0 amide bonds. The summed E-state index contributed by atoms with van der Waals surface area (Å²) in [6, 6.07) is 0. The van der Waals surface area contributed by atoms with Gasteiger partial charge in [-0.3, -0.25) is 9.00 Å². The van der Waals surface area contributed by atoms with Crippen LogP contribution in [0.1, 0.15) is 25.7 Å². The molecule has 0 saturated heterocycles. The van der Waals surface area contributed by atoms with E-state index in [4.69, 9.17) is 0 Å². The van der Waals surface area contributed by atoms with E-state index in [-0.39, 0.29) is 11.7 Å². The molecule has 74 valence electrons. The molecule has 1 fully saturated rings. The average Bonchev–Trinajstić information content (AvgIpc) is 2.02. The second-order valence-corrected chi connectivity index (χ2v) is 7.12. The molecule has 1 aliphatic carbocycles. The Kier molecular flexibility index (Phi) is 2.22. The maximum absolute atomic E-state index is 11.8. The second kappa shape index (κ2) is 3.12. The van der Waals surface area contributed by atoms with E-state index in [2.05, 4.69) is 0 Å². The standard InChI is InChI=1S/C10H16O2S/c1-13(12)6-8-4-2-3-5-9(8)10(11)7-13/h7-9H,2-6H2,1H3. The molecule has 0 aromatic heterocycles. The van der Waals surface area contributed by atoms with Crippen LogP contribution in [-0.2, 0) is 14.3 Å². The van der Waals surface area contributed by atoms with Crippen LogP contribution in [0.15, 0.2) is 0 Å². The number of Topliss-reactive ketones (excluding diaryl/α,β-unsaturated/α-hetero) is 1. The van der Waals surface area contributed by atoms with Gasteiger partial charge in [-0.1, -0.05) is 12.8 Å². The van der Waals surface area contributed by atoms with Crippen LogP contribution in [0.25, 0.3) is 0 Å². The van der Waals surface area contributed by atoms with Crippen LogP contribution < -0.4 is 0 Å². The van der Waals surface area contributed by atoms with Gasteiger partial charge in [-0.2, -0.15) is 0 Å². The zero-order valence-corrected chi connectivity index (χ0v) is 8.81. The lowest BCUT2D eigenvalue weighted by Crippen LogP contribution is -2.38. The lowest BCUT2D eigenvalue weighted by Gasteiger charge is -2.33. The van der Waals surface area contributed by atoms with Crippen molar-refractivity contribution >= 4 is 20.7 Å². The summed E-state index contributed by atoms with van der Waals surface area (Å²) in [6.45, 7) is 0. The molecule has 0 aromatic rings. The lowest BCUT2D eigenvalue weighted by atomic mass is 9.78. The summed E-state index contributed by atoms with van der Waals surface area (Å²) in [4.78, 5) is 11.6. The SMILES string of the molecule is CS1(=O)=CC(=O)C2CCCCC2C1. The van der Waals surface area contributed by atoms with E-state index in [1.54, 1.807) is 6.26 Å². The third-order valence-corrected chi connectivity index (χ3v) is 5.01.